The van der Waals surface area contributed by atoms with E-state index in [0.29, 0.717) is 23.2 Å². The molecule has 0 bridgehead atoms. The zero-order valence-electron chi connectivity index (χ0n) is 16.5. The van der Waals surface area contributed by atoms with Gasteiger partial charge in [0.25, 0.3) is 0 Å². The molecule has 2 aromatic carbocycles. The molecule has 0 saturated carbocycles. The van der Waals surface area contributed by atoms with Crippen molar-refractivity contribution in [3.63, 3.8) is 0 Å². The summed E-state index contributed by atoms with van der Waals surface area (Å²) < 4.78 is 13.9. The van der Waals surface area contributed by atoms with Crippen LogP contribution in [0.5, 0.6) is 5.75 Å². The number of nitrogens with zero attached hydrogens (tertiary/aromatic N) is 1. The van der Waals surface area contributed by atoms with Gasteiger partial charge in [-0.25, -0.2) is 4.39 Å². The molecule has 5 heteroatoms. The van der Waals surface area contributed by atoms with Gasteiger partial charge in [0.2, 0.25) is 0 Å². The Bertz CT molecular complexity index is 1060. The molecule has 0 aliphatic rings. The summed E-state index contributed by atoms with van der Waals surface area (Å²) in [6.45, 7) is 7.53. The van der Waals surface area contributed by atoms with Gasteiger partial charge < -0.3 is 10.2 Å². The standard InChI is InChI=1S/C23H24FNO3/c1-5-16(23(27)28)22-20(12(2)3)21(14-6-9-18(24)13(4)10-14)17-8-7-15(26)11-19(17)25-22/h6-12,16,26H,5H2,1-4H3,(H,27,28). The van der Waals surface area contributed by atoms with Gasteiger partial charge in [-0.05, 0) is 65.8 Å². The zero-order valence-corrected chi connectivity index (χ0v) is 16.5. The molecule has 1 aromatic heterocycles. The zero-order chi connectivity index (χ0) is 20.6. The third-order valence-electron chi connectivity index (χ3n) is 5.10. The van der Waals surface area contributed by atoms with Crippen molar-refractivity contribution in [2.24, 2.45) is 0 Å². The van der Waals surface area contributed by atoms with E-state index in [0.717, 1.165) is 22.1 Å². The largest absolute Gasteiger partial charge is 0.508 e. The Balaban J connectivity index is 2.49. The Kier molecular flexibility index (Phi) is 5.36. The number of benzene rings is 2. The molecule has 0 aliphatic carbocycles. The number of aromatic nitrogens is 1. The molecule has 0 aliphatic heterocycles. The lowest BCUT2D eigenvalue weighted by atomic mass is 9.84. The summed E-state index contributed by atoms with van der Waals surface area (Å²) in [5.74, 6) is -1.91. The van der Waals surface area contributed by atoms with Gasteiger partial charge in [-0.2, -0.15) is 0 Å². The number of rotatable bonds is 5. The molecule has 3 rings (SSSR count). The van der Waals surface area contributed by atoms with E-state index in [9.17, 15) is 19.4 Å². The molecule has 1 unspecified atom stereocenters. The Morgan fingerprint density at radius 1 is 1.18 bits per heavy atom. The lowest BCUT2D eigenvalue weighted by Gasteiger charge is -2.23. The van der Waals surface area contributed by atoms with Gasteiger partial charge in [-0.3, -0.25) is 9.78 Å². The van der Waals surface area contributed by atoms with Crippen LogP contribution in [0, 0.1) is 12.7 Å². The number of aromatic hydroxyl groups is 1. The number of halogens is 1. The number of aliphatic carboxylic acids is 1. The van der Waals surface area contributed by atoms with E-state index in [1.54, 1.807) is 31.2 Å². The second-order valence-corrected chi connectivity index (χ2v) is 7.40. The van der Waals surface area contributed by atoms with Gasteiger partial charge in [0.05, 0.1) is 17.1 Å². The normalized spacial score (nSPS) is 12.5. The van der Waals surface area contributed by atoms with Crippen LogP contribution in [-0.2, 0) is 4.79 Å². The first kappa shape index (κ1) is 19.8. The van der Waals surface area contributed by atoms with Crippen LogP contribution in [0.3, 0.4) is 0 Å². The fraction of sp³-hybridized carbons (Fsp3) is 0.304. The van der Waals surface area contributed by atoms with Crippen LogP contribution in [0.15, 0.2) is 36.4 Å². The highest BCUT2D eigenvalue weighted by Gasteiger charge is 2.28. The summed E-state index contributed by atoms with van der Waals surface area (Å²) in [5.41, 5.74) is 4.04. The third kappa shape index (κ3) is 3.44. The number of carbonyl (C=O) groups is 1. The fourth-order valence-corrected chi connectivity index (χ4v) is 3.73. The number of phenols is 1. The van der Waals surface area contributed by atoms with E-state index in [4.69, 9.17) is 0 Å². The summed E-state index contributed by atoms with van der Waals surface area (Å²) >= 11 is 0. The maximum Gasteiger partial charge on any atom is 0.312 e. The molecule has 28 heavy (non-hydrogen) atoms. The van der Waals surface area contributed by atoms with Crippen LogP contribution >= 0.6 is 0 Å². The van der Waals surface area contributed by atoms with Gasteiger partial charge in [0, 0.05) is 11.5 Å². The van der Waals surface area contributed by atoms with Crippen LogP contribution < -0.4 is 0 Å². The predicted molar refractivity (Wildman–Crippen MR) is 108 cm³/mol. The van der Waals surface area contributed by atoms with Crippen LogP contribution in [-0.4, -0.2) is 21.2 Å². The first-order chi connectivity index (χ1) is 13.2. The molecule has 0 radical (unpaired) electrons. The topological polar surface area (TPSA) is 70.4 Å². The highest BCUT2D eigenvalue weighted by Crippen LogP contribution is 2.41. The van der Waals surface area contributed by atoms with Crippen molar-refractivity contribution in [2.45, 2.75) is 46.0 Å². The second kappa shape index (κ2) is 7.58. The SMILES string of the molecule is CCC(C(=O)O)c1nc2cc(O)ccc2c(-c2ccc(F)c(C)c2)c1C(C)C. The highest BCUT2D eigenvalue weighted by molar-refractivity contribution is 5.98. The molecular weight excluding hydrogens is 357 g/mol. The summed E-state index contributed by atoms with van der Waals surface area (Å²) in [7, 11) is 0. The maximum atomic E-state index is 13.9. The van der Waals surface area contributed by atoms with E-state index in [2.05, 4.69) is 4.98 Å². The molecule has 0 spiro atoms. The number of hydrogen-bond acceptors (Lipinski definition) is 3. The molecule has 1 atom stereocenters. The third-order valence-corrected chi connectivity index (χ3v) is 5.10. The number of hydrogen-bond donors (Lipinski definition) is 2. The van der Waals surface area contributed by atoms with E-state index in [1.165, 1.54) is 12.1 Å². The van der Waals surface area contributed by atoms with Gasteiger partial charge in [-0.1, -0.05) is 26.8 Å². The Labute approximate surface area is 163 Å². The number of phenolic OH excluding ortho intramolecular Hbond substituents is 1. The summed E-state index contributed by atoms with van der Waals surface area (Å²) in [6, 6.07) is 9.81. The van der Waals surface area contributed by atoms with Crippen LogP contribution in [0.1, 0.15) is 55.8 Å². The van der Waals surface area contributed by atoms with E-state index < -0.39 is 11.9 Å². The Hall–Kier alpha value is -2.95. The Morgan fingerprint density at radius 3 is 2.46 bits per heavy atom. The van der Waals surface area contributed by atoms with Gasteiger partial charge in [0.1, 0.15) is 11.6 Å². The quantitative estimate of drug-likeness (QED) is 0.590. The van der Waals surface area contributed by atoms with Gasteiger partial charge in [-0.15, -0.1) is 0 Å². The lowest BCUT2D eigenvalue weighted by Crippen LogP contribution is -2.16. The van der Waals surface area contributed by atoms with Gasteiger partial charge >= 0.3 is 5.97 Å². The molecule has 146 valence electrons. The minimum absolute atomic E-state index is 0.00876. The predicted octanol–water partition coefficient (Wildman–Crippen LogP) is 5.76. The number of pyridine rings is 1. The minimum atomic E-state index is -0.933. The first-order valence-corrected chi connectivity index (χ1v) is 9.40. The number of carboxylic acids is 1. The van der Waals surface area contributed by atoms with E-state index in [1.807, 2.05) is 20.8 Å². The van der Waals surface area contributed by atoms with Gasteiger partial charge in [0.15, 0.2) is 0 Å². The summed E-state index contributed by atoms with van der Waals surface area (Å²) in [4.78, 5) is 16.6. The van der Waals surface area contributed by atoms with E-state index in [-0.39, 0.29) is 17.5 Å². The molecule has 4 nitrogen and oxygen atoms in total. The molecule has 1 heterocycles. The minimum Gasteiger partial charge on any atom is -0.508 e. The van der Waals surface area contributed by atoms with Crippen LogP contribution in [0.4, 0.5) is 4.39 Å². The van der Waals surface area contributed by atoms with E-state index >= 15 is 0 Å². The van der Waals surface area contributed by atoms with Crippen LogP contribution in [0.2, 0.25) is 0 Å². The number of aryl methyl sites for hydroxylation is 1. The van der Waals surface area contributed by atoms with Crippen molar-refractivity contribution in [1.82, 2.24) is 4.98 Å². The molecule has 2 N–H and O–H groups in total. The van der Waals surface area contributed by atoms with Crippen molar-refractivity contribution < 1.29 is 19.4 Å². The molecule has 0 fully saturated rings. The number of fused-ring (bicyclic) bond motifs is 1. The first-order valence-electron chi connectivity index (χ1n) is 9.40. The average Bonchev–Trinajstić information content (AvgIpc) is 2.62. The van der Waals surface area contributed by atoms with Crippen molar-refractivity contribution in [1.29, 1.82) is 0 Å². The van der Waals surface area contributed by atoms with Crippen LogP contribution in [0.25, 0.3) is 22.0 Å². The van der Waals surface area contributed by atoms with Crippen molar-refractivity contribution in [3.8, 4) is 16.9 Å². The van der Waals surface area contributed by atoms with Crippen molar-refractivity contribution in [3.05, 3.63) is 59.0 Å². The molecule has 3 aromatic rings. The second-order valence-electron chi connectivity index (χ2n) is 7.40. The molecule has 0 amide bonds. The molecule has 0 saturated heterocycles. The fourth-order valence-electron chi connectivity index (χ4n) is 3.73. The maximum absolute atomic E-state index is 13.9. The highest BCUT2D eigenvalue weighted by atomic mass is 19.1. The smallest absolute Gasteiger partial charge is 0.312 e. The monoisotopic (exact) mass is 381 g/mol. The molecular formula is C23H24FNO3. The van der Waals surface area contributed by atoms with Crippen molar-refractivity contribution in [2.75, 3.05) is 0 Å². The number of carboxylic acid groups (broad SMARTS) is 1. The average molecular weight is 381 g/mol. The Morgan fingerprint density at radius 2 is 1.89 bits per heavy atom. The lowest BCUT2D eigenvalue weighted by molar-refractivity contribution is -0.139. The summed E-state index contributed by atoms with van der Waals surface area (Å²) in [5, 5.41) is 20.5. The van der Waals surface area contributed by atoms with Crippen molar-refractivity contribution >= 4 is 16.9 Å². The summed E-state index contributed by atoms with van der Waals surface area (Å²) in [6.07, 6.45) is 0.397.